The predicted octanol–water partition coefficient (Wildman–Crippen LogP) is 5.75. The molecule has 0 unspecified atom stereocenters. The molecule has 4 aromatic rings. The Morgan fingerprint density at radius 2 is 1.07 bits per heavy atom. The number of fused-ring (bicyclic) bond motifs is 2. The number of carboxylic acids is 2. The lowest BCUT2D eigenvalue weighted by Gasteiger charge is -2.03. The quantitative estimate of drug-likeness (QED) is 0.327. The summed E-state index contributed by atoms with van der Waals surface area (Å²) in [6.45, 7) is 0. The van der Waals surface area contributed by atoms with Crippen LogP contribution in [0.2, 0.25) is 0 Å². The van der Waals surface area contributed by atoms with Gasteiger partial charge in [-0.15, -0.1) is 22.7 Å². The van der Waals surface area contributed by atoms with E-state index in [1.807, 2.05) is 60.7 Å². The van der Waals surface area contributed by atoms with Gasteiger partial charge in [0.25, 0.3) is 0 Å². The van der Waals surface area contributed by atoms with Crippen molar-refractivity contribution >= 4 is 66.9 Å². The third kappa shape index (κ3) is 3.60. The fraction of sp³-hybridized carbons (Fsp3) is 0. The first-order chi connectivity index (χ1) is 13.5. The second-order valence-corrected chi connectivity index (χ2v) is 8.33. The molecule has 138 valence electrons. The molecule has 0 saturated carbocycles. The number of benzene rings is 2. The van der Waals surface area contributed by atoms with E-state index in [9.17, 15) is 19.8 Å². The van der Waals surface area contributed by atoms with Crippen LogP contribution in [-0.4, -0.2) is 22.2 Å². The molecule has 0 aliphatic rings. The van der Waals surface area contributed by atoms with Crippen LogP contribution < -0.4 is 0 Å². The molecule has 0 atom stereocenters. The minimum Gasteiger partial charge on any atom is -0.478 e. The van der Waals surface area contributed by atoms with E-state index in [2.05, 4.69) is 0 Å². The van der Waals surface area contributed by atoms with E-state index in [1.54, 1.807) is 0 Å². The first-order valence-electron chi connectivity index (χ1n) is 8.39. The zero-order valence-electron chi connectivity index (χ0n) is 14.5. The summed E-state index contributed by atoms with van der Waals surface area (Å²) in [5, 5.41) is 21.4. The first-order valence-corrected chi connectivity index (χ1v) is 10.0. The van der Waals surface area contributed by atoms with Gasteiger partial charge in [0, 0.05) is 19.2 Å². The minimum absolute atomic E-state index is 0.239. The van der Waals surface area contributed by atoms with E-state index in [0.717, 1.165) is 20.2 Å². The molecule has 6 heteroatoms. The van der Waals surface area contributed by atoms with Gasteiger partial charge in [0.15, 0.2) is 0 Å². The van der Waals surface area contributed by atoms with Crippen LogP contribution in [0.4, 0.5) is 0 Å². The van der Waals surface area contributed by atoms with Gasteiger partial charge in [0.1, 0.15) is 0 Å². The normalized spacial score (nSPS) is 12.6. The maximum absolute atomic E-state index is 11.9. The molecule has 2 aromatic heterocycles. The number of thiophene rings is 2. The second-order valence-electron chi connectivity index (χ2n) is 6.10. The Kier molecular flexibility index (Phi) is 4.81. The van der Waals surface area contributed by atoms with Gasteiger partial charge in [-0.1, -0.05) is 36.4 Å². The van der Waals surface area contributed by atoms with Gasteiger partial charge in [0.05, 0.1) is 11.1 Å². The molecular formula is C22H14O4S2. The minimum atomic E-state index is -1.27. The Hall–Kier alpha value is -3.22. The van der Waals surface area contributed by atoms with E-state index in [1.165, 1.54) is 34.8 Å². The molecule has 4 nitrogen and oxygen atoms in total. The molecule has 0 fully saturated rings. The van der Waals surface area contributed by atoms with Crippen LogP contribution in [0.25, 0.3) is 32.3 Å². The van der Waals surface area contributed by atoms with Crippen molar-refractivity contribution in [3.05, 3.63) is 81.6 Å². The molecule has 0 spiro atoms. The number of carboxylic acid groups (broad SMARTS) is 2. The maximum atomic E-state index is 11.9. The molecule has 0 radical (unpaired) electrons. The lowest BCUT2D eigenvalue weighted by Crippen LogP contribution is -2.11. The van der Waals surface area contributed by atoms with Crippen molar-refractivity contribution in [3.8, 4) is 0 Å². The number of rotatable bonds is 5. The Balaban J connectivity index is 1.82. The van der Waals surface area contributed by atoms with Gasteiger partial charge in [-0.05, 0) is 47.2 Å². The fourth-order valence-electron chi connectivity index (χ4n) is 2.94. The molecule has 2 heterocycles. The SMILES string of the molecule is O=C(O)C(=C\c1cc2ccccc2s1)/C(=C\c1cc2ccccc2s1)C(=O)O. The zero-order valence-corrected chi connectivity index (χ0v) is 16.1. The van der Waals surface area contributed by atoms with Crippen molar-refractivity contribution < 1.29 is 19.8 Å². The lowest BCUT2D eigenvalue weighted by molar-refractivity contribution is -0.136. The molecule has 0 aliphatic heterocycles. The fourth-order valence-corrected chi connectivity index (χ4v) is 4.96. The third-order valence-corrected chi connectivity index (χ3v) is 6.34. The largest absolute Gasteiger partial charge is 0.478 e. The van der Waals surface area contributed by atoms with E-state index in [4.69, 9.17) is 0 Å². The van der Waals surface area contributed by atoms with Crippen molar-refractivity contribution in [3.63, 3.8) is 0 Å². The van der Waals surface area contributed by atoms with Crippen LogP contribution in [0.5, 0.6) is 0 Å². The van der Waals surface area contributed by atoms with Gasteiger partial charge in [-0.3, -0.25) is 0 Å². The lowest BCUT2D eigenvalue weighted by atomic mass is 10.0. The highest BCUT2D eigenvalue weighted by atomic mass is 32.1. The van der Waals surface area contributed by atoms with Crippen molar-refractivity contribution in [2.24, 2.45) is 0 Å². The van der Waals surface area contributed by atoms with Gasteiger partial charge in [0.2, 0.25) is 0 Å². The molecule has 0 bridgehead atoms. The summed E-state index contributed by atoms with van der Waals surface area (Å²) < 4.78 is 2.03. The Morgan fingerprint density at radius 1 is 0.679 bits per heavy atom. The van der Waals surface area contributed by atoms with E-state index < -0.39 is 11.9 Å². The summed E-state index contributed by atoms with van der Waals surface area (Å²) in [7, 11) is 0. The molecule has 2 aromatic carbocycles. The van der Waals surface area contributed by atoms with Crippen LogP contribution in [0, 0.1) is 0 Å². The summed E-state index contributed by atoms with van der Waals surface area (Å²) in [5.74, 6) is -2.54. The number of hydrogen-bond acceptors (Lipinski definition) is 4. The molecule has 0 aliphatic carbocycles. The maximum Gasteiger partial charge on any atom is 0.336 e. The second kappa shape index (κ2) is 7.42. The molecule has 28 heavy (non-hydrogen) atoms. The zero-order chi connectivity index (χ0) is 19.7. The number of carbonyl (C=O) groups is 2. The summed E-state index contributed by atoms with van der Waals surface area (Å²) in [5.41, 5.74) is -0.479. The van der Waals surface area contributed by atoms with Gasteiger partial charge >= 0.3 is 11.9 Å². The predicted molar refractivity (Wildman–Crippen MR) is 115 cm³/mol. The Morgan fingerprint density at radius 3 is 1.43 bits per heavy atom. The van der Waals surface area contributed by atoms with E-state index in [0.29, 0.717) is 9.75 Å². The van der Waals surface area contributed by atoms with Crippen LogP contribution in [0.15, 0.2) is 71.8 Å². The van der Waals surface area contributed by atoms with Gasteiger partial charge in [-0.25, -0.2) is 9.59 Å². The van der Waals surface area contributed by atoms with Gasteiger partial charge < -0.3 is 10.2 Å². The average Bonchev–Trinajstić information content (AvgIpc) is 3.26. The third-order valence-electron chi connectivity index (χ3n) is 4.21. The average molecular weight is 406 g/mol. The van der Waals surface area contributed by atoms with Crippen molar-refractivity contribution in [1.29, 1.82) is 0 Å². The topological polar surface area (TPSA) is 74.6 Å². The molecule has 2 N–H and O–H groups in total. The molecule has 0 amide bonds. The highest BCUT2D eigenvalue weighted by Gasteiger charge is 2.21. The van der Waals surface area contributed by atoms with Crippen molar-refractivity contribution in [2.45, 2.75) is 0 Å². The van der Waals surface area contributed by atoms with Crippen LogP contribution in [-0.2, 0) is 9.59 Å². The molecule has 0 saturated heterocycles. The van der Waals surface area contributed by atoms with E-state index >= 15 is 0 Å². The summed E-state index contributed by atoms with van der Waals surface area (Å²) in [4.78, 5) is 25.1. The van der Waals surface area contributed by atoms with Crippen molar-refractivity contribution in [1.82, 2.24) is 0 Å². The number of hydrogen-bond donors (Lipinski definition) is 2. The van der Waals surface area contributed by atoms with Crippen molar-refractivity contribution in [2.75, 3.05) is 0 Å². The summed E-state index contributed by atoms with van der Waals surface area (Å²) in [6.07, 6.45) is 2.86. The van der Waals surface area contributed by atoms with Crippen LogP contribution in [0.1, 0.15) is 9.75 Å². The highest BCUT2D eigenvalue weighted by Crippen LogP contribution is 2.31. The molecular weight excluding hydrogens is 392 g/mol. The van der Waals surface area contributed by atoms with Gasteiger partial charge in [-0.2, -0.15) is 0 Å². The van der Waals surface area contributed by atoms with E-state index in [-0.39, 0.29) is 11.1 Å². The van der Waals surface area contributed by atoms with Crippen LogP contribution in [0.3, 0.4) is 0 Å². The molecule has 4 rings (SSSR count). The Labute approximate surface area is 168 Å². The summed E-state index contributed by atoms with van der Waals surface area (Å²) >= 11 is 2.85. The smallest absolute Gasteiger partial charge is 0.336 e. The number of aliphatic carboxylic acids is 2. The van der Waals surface area contributed by atoms with Crippen LogP contribution >= 0.6 is 22.7 Å². The highest BCUT2D eigenvalue weighted by molar-refractivity contribution is 7.20. The summed E-state index contributed by atoms with van der Waals surface area (Å²) in [6, 6.07) is 19.1. The monoisotopic (exact) mass is 406 g/mol. The Bertz CT molecular complexity index is 1110. The first kappa shape index (κ1) is 18.2. The standard InChI is InChI=1S/C22H14O4S2/c23-21(24)17(11-15-9-13-5-1-3-7-19(13)27-15)18(22(25)26)12-16-10-14-6-2-4-8-20(14)28-16/h1-12H,(H,23,24)(H,25,26)/b17-11-,18-12+.